The highest BCUT2D eigenvalue weighted by atomic mass is 127. The highest BCUT2D eigenvalue weighted by molar-refractivity contribution is 14.0. The third-order valence-electron chi connectivity index (χ3n) is 3.52. The Morgan fingerprint density at radius 3 is 2.36 bits per heavy atom. The molecule has 0 heterocycles. The van der Waals surface area contributed by atoms with Crippen molar-refractivity contribution in [2.45, 2.75) is 70.2 Å². The van der Waals surface area contributed by atoms with Gasteiger partial charge in [0.25, 0.3) is 0 Å². The third kappa shape index (κ3) is 10.5. The maximum Gasteiger partial charge on any atom is 0.389 e. The molecule has 0 aromatic heterocycles. The summed E-state index contributed by atoms with van der Waals surface area (Å²) in [5.41, 5.74) is 0. The van der Waals surface area contributed by atoms with Crippen molar-refractivity contribution in [3.8, 4) is 0 Å². The van der Waals surface area contributed by atoms with Crippen LogP contribution in [0.2, 0.25) is 0 Å². The van der Waals surface area contributed by atoms with E-state index in [1.54, 1.807) is 0 Å². The van der Waals surface area contributed by atoms with E-state index in [-0.39, 0.29) is 42.5 Å². The maximum absolute atomic E-state index is 12.0. The van der Waals surface area contributed by atoms with Crippen LogP contribution in [-0.4, -0.2) is 42.5 Å². The van der Waals surface area contributed by atoms with Crippen LogP contribution in [0.15, 0.2) is 4.99 Å². The topological polar surface area (TPSA) is 56.7 Å². The summed E-state index contributed by atoms with van der Waals surface area (Å²) in [5, 5.41) is 15.9. The Morgan fingerprint density at radius 2 is 1.82 bits per heavy atom. The zero-order valence-corrected chi connectivity index (χ0v) is 15.3. The number of aliphatic hydroxyl groups is 1. The molecule has 0 saturated heterocycles. The number of halogens is 4. The van der Waals surface area contributed by atoms with Crippen molar-refractivity contribution in [2.24, 2.45) is 4.99 Å². The normalized spacial score (nSPS) is 22.9. The van der Waals surface area contributed by atoms with Crippen molar-refractivity contribution in [3.63, 3.8) is 0 Å². The van der Waals surface area contributed by atoms with Crippen molar-refractivity contribution < 1.29 is 18.3 Å². The van der Waals surface area contributed by atoms with Gasteiger partial charge in [-0.1, -0.05) is 0 Å². The number of nitrogens with one attached hydrogen (secondary N) is 2. The molecule has 3 N–H and O–H groups in total. The van der Waals surface area contributed by atoms with Crippen LogP contribution >= 0.6 is 24.0 Å². The van der Waals surface area contributed by atoms with Gasteiger partial charge >= 0.3 is 6.18 Å². The third-order valence-corrected chi connectivity index (χ3v) is 3.52. The van der Waals surface area contributed by atoms with E-state index in [1.165, 1.54) is 0 Å². The molecule has 1 aliphatic carbocycles. The minimum atomic E-state index is -4.07. The van der Waals surface area contributed by atoms with Crippen molar-refractivity contribution in [3.05, 3.63) is 0 Å². The Hall–Kier alpha value is -0.250. The second-order valence-electron chi connectivity index (χ2n) is 5.48. The van der Waals surface area contributed by atoms with E-state index in [0.29, 0.717) is 25.5 Å². The van der Waals surface area contributed by atoms with Crippen LogP contribution in [-0.2, 0) is 0 Å². The Balaban J connectivity index is 0.00000441. The van der Waals surface area contributed by atoms with Crippen LogP contribution < -0.4 is 10.6 Å². The molecule has 0 amide bonds. The molecule has 1 fully saturated rings. The number of aliphatic imine (C=N–C) groups is 1. The average molecular weight is 437 g/mol. The van der Waals surface area contributed by atoms with Crippen LogP contribution in [0.5, 0.6) is 0 Å². The molecule has 22 heavy (non-hydrogen) atoms. The van der Waals surface area contributed by atoms with Gasteiger partial charge in [-0.25, -0.2) is 0 Å². The number of hydrogen-bond donors (Lipinski definition) is 3. The largest absolute Gasteiger partial charge is 0.393 e. The second kappa shape index (κ2) is 11.3. The molecule has 0 atom stereocenters. The van der Waals surface area contributed by atoms with Gasteiger partial charge in [0.05, 0.1) is 6.10 Å². The van der Waals surface area contributed by atoms with Gasteiger partial charge in [-0.05, 0) is 45.4 Å². The highest BCUT2D eigenvalue weighted by Crippen LogP contribution is 2.22. The molecule has 1 saturated carbocycles. The summed E-state index contributed by atoms with van der Waals surface area (Å²) in [4.78, 5) is 4.31. The van der Waals surface area contributed by atoms with E-state index >= 15 is 0 Å². The number of aliphatic hydroxyl groups excluding tert-OH is 1. The first-order chi connectivity index (χ1) is 9.90. The molecule has 132 valence electrons. The van der Waals surface area contributed by atoms with Crippen LogP contribution in [0.4, 0.5) is 13.2 Å². The Bertz CT molecular complexity index is 319. The number of nitrogens with zero attached hydrogens (tertiary/aromatic N) is 1. The summed E-state index contributed by atoms with van der Waals surface area (Å²) in [6.07, 6.45) is -1.14. The summed E-state index contributed by atoms with van der Waals surface area (Å²) in [5.74, 6) is 0.658. The van der Waals surface area contributed by atoms with E-state index in [1.807, 2.05) is 6.92 Å². The maximum atomic E-state index is 12.0. The lowest BCUT2D eigenvalue weighted by Gasteiger charge is -2.27. The van der Waals surface area contributed by atoms with Gasteiger partial charge in [-0.2, -0.15) is 13.2 Å². The summed E-state index contributed by atoms with van der Waals surface area (Å²) >= 11 is 0. The van der Waals surface area contributed by atoms with Gasteiger partial charge in [0.1, 0.15) is 0 Å². The van der Waals surface area contributed by atoms with Crippen molar-refractivity contribution >= 4 is 29.9 Å². The molecule has 0 bridgehead atoms. The number of alkyl halides is 3. The first-order valence-corrected chi connectivity index (χ1v) is 7.70. The molecule has 0 radical (unpaired) electrons. The van der Waals surface area contributed by atoms with Crippen molar-refractivity contribution in [1.82, 2.24) is 10.6 Å². The van der Waals surface area contributed by atoms with Crippen LogP contribution in [0.1, 0.15) is 51.9 Å². The molecular formula is C14H27F3IN3O. The molecule has 4 nitrogen and oxygen atoms in total. The van der Waals surface area contributed by atoms with Gasteiger partial charge in [0.2, 0.25) is 0 Å². The van der Waals surface area contributed by atoms with Crippen molar-refractivity contribution in [2.75, 3.05) is 13.1 Å². The van der Waals surface area contributed by atoms with E-state index in [4.69, 9.17) is 0 Å². The fraction of sp³-hybridized carbons (Fsp3) is 0.929. The first-order valence-electron chi connectivity index (χ1n) is 7.70. The van der Waals surface area contributed by atoms with Gasteiger partial charge in [0.15, 0.2) is 5.96 Å². The smallest absolute Gasteiger partial charge is 0.389 e. The van der Waals surface area contributed by atoms with Crippen LogP contribution in [0, 0.1) is 0 Å². The SMILES string of the molecule is CCNC(=NCCCCC(F)(F)F)NC1CCC(O)CC1.I. The zero-order valence-electron chi connectivity index (χ0n) is 13.0. The fourth-order valence-corrected chi connectivity index (χ4v) is 2.36. The predicted molar refractivity (Wildman–Crippen MR) is 92.7 cm³/mol. The first kappa shape index (κ1) is 21.8. The van der Waals surface area contributed by atoms with E-state index in [9.17, 15) is 18.3 Å². The van der Waals surface area contributed by atoms with Crippen molar-refractivity contribution in [1.29, 1.82) is 0 Å². The summed E-state index contributed by atoms with van der Waals surface area (Å²) in [7, 11) is 0. The van der Waals surface area contributed by atoms with Crippen LogP contribution in [0.3, 0.4) is 0 Å². The Labute approximate surface area is 147 Å². The molecule has 0 aromatic carbocycles. The Morgan fingerprint density at radius 1 is 1.18 bits per heavy atom. The summed E-state index contributed by atoms with van der Waals surface area (Å²) in [6, 6.07) is 0.279. The molecule has 0 aliphatic heterocycles. The molecule has 1 aliphatic rings. The molecule has 1 rings (SSSR count). The lowest BCUT2D eigenvalue weighted by atomic mass is 9.93. The van der Waals surface area contributed by atoms with Gasteiger partial charge in [0, 0.05) is 25.6 Å². The van der Waals surface area contributed by atoms with Gasteiger partial charge in [-0.3, -0.25) is 4.99 Å². The highest BCUT2D eigenvalue weighted by Gasteiger charge is 2.25. The Kier molecular flexibility index (Phi) is 11.2. The number of rotatable bonds is 6. The second-order valence-corrected chi connectivity index (χ2v) is 5.48. The minimum absolute atomic E-state index is 0. The lowest BCUT2D eigenvalue weighted by Crippen LogP contribution is -2.45. The monoisotopic (exact) mass is 437 g/mol. The summed E-state index contributed by atoms with van der Waals surface area (Å²) < 4.78 is 36.1. The zero-order chi connectivity index (χ0) is 15.7. The lowest BCUT2D eigenvalue weighted by molar-refractivity contribution is -0.135. The predicted octanol–water partition coefficient (Wildman–Crippen LogP) is 3.20. The minimum Gasteiger partial charge on any atom is -0.393 e. The number of guanidine groups is 1. The van der Waals surface area contributed by atoms with E-state index < -0.39 is 12.6 Å². The number of unbranched alkanes of at least 4 members (excludes halogenated alkanes) is 1. The van der Waals surface area contributed by atoms with E-state index in [0.717, 1.165) is 25.7 Å². The molecular weight excluding hydrogens is 410 g/mol. The average Bonchev–Trinajstić information content (AvgIpc) is 2.40. The fourth-order valence-electron chi connectivity index (χ4n) is 2.36. The van der Waals surface area contributed by atoms with Crippen LogP contribution in [0.25, 0.3) is 0 Å². The van der Waals surface area contributed by atoms with E-state index in [2.05, 4.69) is 15.6 Å². The standard InChI is InChI=1S/C14H26F3N3O.HI/c1-2-18-13(19-10-4-3-9-14(15,16)17)20-11-5-7-12(21)8-6-11;/h11-12,21H,2-10H2,1H3,(H2,18,19,20);1H. The quantitative estimate of drug-likeness (QED) is 0.259. The molecule has 0 spiro atoms. The molecule has 0 unspecified atom stereocenters. The van der Waals surface area contributed by atoms with Gasteiger partial charge in [-0.15, -0.1) is 24.0 Å². The molecule has 8 heteroatoms. The number of hydrogen-bond acceptors (Lipinski definition) is 2. The molecule has 0 aromatic rings. The summed E-state index contributed by atoms with van der Waals surface area (Å²) in [6.45, 7) is 3.05. The van der Waals surface area contributed by atoms with Gasteiger partial charge < -0.3 is 15.7 Å².